The Kier molecular flexibility index (Phi) is 5.55. The first-order valence-electron chi connectivity index (χ1n) is 5.46. The van der Waals surface area contributed by atoms with Gasteiger partial charge in [0.2, 0.25) is 5.91 Å². The first-order valence-corrected chi connectivity index (χ1v) is 6.00. The molecule has 92 valence electrons. The first-order chi connectivity index (χ1) is 7.61. The molecule has 1 saturated heterocycles. The van der Waals surface area contributed by atoms with Gasteiger partial charge in [-0.1, -0.05) is 0 Å². The molecule has 16 heavy (non-hydrogen) atoms. The molecule has 0 aromatic heterocycles. The van der Waals surface area contributed by atoms with Gasteiger partial charge in [0.1, 0.15) is 0 Å². The molecule has 0 bridgehead atoms. The van der Waals surface area contributed by atoms with Crippen LogP contribution in [0.15, 0.2) is 0 Å². The standard InChI is InChI=1S/C10H18ClN3O2/c1-14-6-3-8(4-7-14)12-10(16)13-9(15)2-5-11/h8H,2-7H2,1H3,(H2,12,13,15,16). The van der Waals surface area contributed by atoms with Crippen molar-refractivity contribution >= 4 is 23.5 Å². The average molecular weight is 248 g/mol. The summed E-state index contributed by atoms with van der Waals surface area (Å²) in [5, 5.41) is 5.04. The number of nitrogens with one attached hydrogen (secondary N) is 2. The van der Waals surface area contributed by atoms with Gasteiger partial charge in [0.05, 0.1) is 0 Å². The number of alkyl halides is 1. The summed E-state index contributed by atoms with van der Waals surface area (Å²) in [6.45, 7) is 1.95. The van der Waals surface area contributed by atoms with E-state index < -0.39 is 6.03 Å². The molecule has 0 saturated carbocycles. The number of hydrogen-bond acceptors (Lipinski definition) is 3. The van der Waals surface area contributed by atoms with Crippen LogP contribution in [-0.4, -0.2) is 48.9 Å². The SMILES string of the molecule is CN1CCC(NC(=O)NC(=O)CCCl)CC1. The average Bonchev–Trinajstić information content (AvgIpc) is 2.21. The van der Waals surface area contributed by atoms with Crippen LogP contribution in [0.25, 0.3) is 0 Å². The number of nitrogens with zero attached hydrogens (tertiary/aromatic N) is 1. The van der Waals surface area contributed by atoms with Crippen molar-refractivity contribution in [2.75, 3.05) is 26.0 Å². The second kappa shape index (κ2) is 6.70. The normalized spacial score (nSPS) is 18.1. The van der Waals surface area contributed by atoms with Crippen LogP contribution < -0.4 is 10.6 Å². The third kappa shape index (κ3) is 4.81. The predicted octanol–water partition coefficient (Wildman–Crippen LogP) is 0.535. The quantitative estimate of drug-likeness (QED) is 0.716. The summed E-state index contributed by atoms with van der Waals surface area (Å²) in [4.78, 5) is 24.7. The van der Waals surface area contributed by atoms with Crippen molar-refractivity contribution < 1.29 is 9.59 Å². The molecule has 2 N–H and O–H groups in total. The number of rotatable bonds is 3. The Bertz CT molecular complexity index is 252. The summed E-state index contributed by atoms with van der Waals surface area (Å²) in [5.41, 5.74) is 0. The molecule has 1 fully saturated rings. The van der Waals surface area contributed by atoms with Gasteiger partial charge in [-0.3, -0.25) is 10.1 Å². The van der Waals surface area contributed by atoms with E-state index >= 15 is 0 Å². The van der Waals surface area contributed by atoms with E-state index in [1.54, 1.807) is 0 Å². The number of piperidine rings is 1. The molecule has 0 aromatic carbocycles. The second-order valence-electron chi connectivity index (χ2n) is 4.04. The summed E-state index contributed by atoms with van der Waals surface area (Å²) in [6.07, 6.45) is 2.02. The van der Waals surface area contributed by atoms with Gasteiger partial charge in [0.25, 0.3) is 0 Å². The Labute approximate surface area is 101 Å². The van der Waals surface area contributed by atoms with Gasteiger partial charge in [-0.05, 0) is 33.0 Å². The van der Waals surface area contributed by atoms with Crippen LogP contribution in [0.4, 0.5) is 4.79 Å². The van der Waals surface area contributed by atoms with Gasteiger partial charge in [0, 0.05) is 18.3 Å². The van der Waals surface area contributed by atoms with Gasteiger partial charge < -0.3 is 10.2 Å². The highest BCUT2D eigenvalue weighted by Crippen LogP contribution is 2.07. The Balaban J connectivity index is 2.21. The fraction of sp³-hybridized carbons (Fsp3) is 0.800. The zero-order valence-electron chi connectivity index (χ0n) is 9.46. The fourth-order valence-corrected chi connectivity index (χ4v) is 1.82. The highest BCUT2D eigenvalue weighted by Gasteiger charge is 2.18. The zero-order valence-corrected chi connectivity index (χ0v) is 10.2. The van der Waals surface area contributed by atoms with Gasteiger partial charge in [-0.15, -0.1) is 11.6 Å². The Morgan fingerprint density at radius 2 is 2.00 bits per heavy atom. The molecular formula is C10H18ClN3O2. The summed E-state index contributed by atoms with van der Waals surface area (Å²) >= 11 is 5.39. The molecule has 6 heteroatoms. The number of amides is 3. The van der Waals surface area contributed by atoms with E-state index in [1.165, 1.54) is 0 Å². The number of imide groups is 1. The Morgan fingerprint density at radius 1 is 1.38 bits per heavy atom. The van der Waals surface area contributed by atoms with Crippen molar-refractivity contribution in [2.45, 2.75) is 25.3 Å². The monoisotopic (exact) mass is 247 g/mol. The molecule has 1 aliphatic heterocycles. The third-order valence-corrected chi connectivity index (χ3v) is 2.82. The highest BCUT2D eigenvalue weighted by molar-refractivity contribution is 6.19. The minimum atomic E-state index is -0.412. The third-order valence-electron chi connectivity index (χ3n) is 2.63. The summed E-state index contributed by atoms with van der Waals surface area (Å²) in [6, 6.07) is -0.246. The Morgan fingerprint density at radius 3 is 2.56 bits per heavy atom. The van der Waals surface area contributed by atoms with E-state index in [0.29, 0.717) is 0 Å². The van der Waals surface area contributed by atoms with E-state index in [-0.39, 0.29) is 24.2 Å². The topological polar surface area (TPSA) is 61.4 Å². The van der Waals surface area contributed by atoms with Crippen molar-refractivity contribution in [1.82, 2.24) is 15.5 Å². The zero-order chi connectivity index (χ0) is 12.0. The molecule has 0 radical (unpaired) electrons. The molecule has 5 nitrogen and oxygen atoms in total. The first kappa shape index (κ1) is 13.3. The number of carbonyl (C=O) groups excluding carboxylic acids is 2. The fourth-order valence-electron chi connectivity index (χ4n) is 1.65. The van der Waals surface area contributed by atoms with Crippen LogP contribution in [0, 0.1) is 0 Å². The number of urea groups is 1. The predicted molar refractivity (Wildman–Crippen MR) is 62.5 cm³/mol. The maximum atomic E-state index is 11.4. The van der Waals surface area contributed by atoms with E-state index in [1.807, 2.05) is 0 Å². The number of carbonyl (C=O) groups is 2. The summed E-state index contributed by atoms with van der Waals surface area (Å²) < 4.78 is 0. The van der Waals surface area contributed by atoms with E-state index in [2.05, 4.69) is 22.6 Å². The molecule has 1 rings (SSSR count). The van der Waals surface area contributed by atoms with Crippen molar-refractivity contribution in [3.05, 3.63) is 0 Å². The van der Waals surface area contributed by atoms with Crippen LogP contribution in [0.1, 0.15) is 19.3 Å². The van der Waals surface area contributed by atoms with Crippen LogP contribution in [-0.2, 0) is 4.79 Å². The number of halogens is 1. The number of hydrogen-bond donors (Lipinski definition) is 2. The van der Waals surface area contributed by atoms with Gasteiger partial charge in [0.15, 0.2) is 0 Å². The smallest absolute Gasteiger partial charge is 0.321 e. The molecule has 3 amide bonds. The van der Waals surface area contributed by atoms with Gasteiger partial charge in [-0.2, -0.15) is 0 Å². The minimum Gasteiger partial charge on any atom is -0.335 e. The van der Waals surface area contributed by atoms with Crippen LogP contribution in [0.5, 0.6) is 0 Å². The maximum Gasteiger partial charge on any atom is 0.321 e. The largest absolute Gasteiger partial charge is 0.335 e. The van der Waals surface area contributed by atoms with Crippen molar-refractivity contribution in [2.24, 2.45) is 0 Å². The van der Waals surface area contributed by atoms with E-state index in [0.717, 1.165) is 25.9 Å². The Hall–Kier alpha value is -0.810. The highest BCUT2D eigenvalue weighted by atomic mass is 35.5. The molecule has 0 unspecified atom stereocenters. The summed E-state index contributed by atoms with van der Waals surface area (Å²) in [7, 11) is 2.06. The molecule has 1 aliphatic rings. The van der Waals surface area contributed by atoms with Crippen molar-refractivity contribution in [3.63, 3.8) is 0 Å². The molecule has 0 spiro atoms. The lowest BCUT2D eigenvalue weighted by Crippen LogP contribution is -2.48. The van der Waals surface area contributed by atoms with Gasteiger partial charge in [-0.25, -0.2) is 4.79 Å². The van der Waals surface area contributed by atoms with Crippen molar-refractivity contribution in [1.29, 1.82) is 0 Å². The lowest BCUT2D eigenvalue weighted by atomic mass is 10.1. The molecule has 0 aromatic rings. The summed E-state index contributed by atoms with van der Waals surface area (Å²) in [5.74, 6) is -0.103. The lowest BCUT2D eigenvalue weighted by molar-refractivity contribution is -0.119. The maximum absolute atomic E-state index is 11.4. The second-order valence-corrected chi connectivity index (χ2v) is 4.42. The molecule has 0 atom stereocenters. The van der Waals surface area contributed by atoms with E-state index in [9.17, 15) is 9.59 Å². The van der Waals surface area contributed by atoms with Crippen LogP contribution in [0.3, 0.4) is 0 Å². The van der Waals surface area contributed by atoms with Gasteiger partial charge >= 0.3 is 6.03 Å². The van der Waals surface area contributed by atoms with E-state index in [4.69, 9.17) is 11.6 Å². The lowest BCUT2D eigenvalue weighted by Gasteiger charge is -2.29. The molecule has 0 aliphatic carbocycles. The van der Waals surface area contributed by atoms with Crippen molar-refractivity contribution in [3.8, 4) is 0 Å². The number of likely N-dealkylation sites (tertiary alicyclic amines) is 1. The molecule has 1 heterocycles. The van der Waals surface area contributed by atoms with Crippen LogP contribution >= 0.6 is 11.6 Å². The van der Waals surface area contributed by atoms with Crippen LogP contribution in [0.2, 0.25) is 0 Å². The minimum absolute atomic E-state index is 0.167. The molecular weight excluding hydrogens is 230 g/mol.